The number of thiophene rings is 1. The van der Waals surface area contributed by atoms with Gasteiger partial charge in [-0.05, 0) is 77.9 Å². The summed E-state index contributed by atoms with van der Waals surface area (Å²) in [5.41, 5.74) is 11.2. The van der Waals surface area contributed by atoms with Crippen LogP contribution in [0.5, 0.6) is 0 Å². The number of rotatable bonds is 3. The average molecular weight is 681 g/mol. The first kappa shape index (κ1) is 28.1. The number of para-hydroxylation sites is 3. The second kappa shape index (κ2) is 10.5. The van der Waals surface area contributed by atoms with Crippen molar-refractivity contribution in [3.63, 3.8) is 0 Å². The number of aromatic nitrogens is 2. The van der Waals surface area contributed by atoms with Gasteiger partial charge in [-0.3, -0.25) is 0 Å². The molecule has 12 aromatic rings. The molecule has 52 heavy (non-hydrogen) atoms. The largest absolute Gasteiger partial charge is 0.454 e. The first-order chi connectivity index (χ1) is 25.8. The van der Waals surface area contributed by atoms with Crippen molar-refractivity contribution >= 4 is 97.1 Å². The SMILES string of the molecule is c1ccc(-n2c3ccc(-c4ccc5c(c4)c4ccc6c7ccccc7sc6c4n5-c4ccccc4)cc3c3ccc4c5ccccc5oc4c32)cc1. The first-order valence-electron chi connectivity index (χ1n) is 17.7. The summed E-state index contributed by atoms with van der Waals surface area (Å²) in [4.78, 5) is 0. The Hall–Kier alpha value is -6.62. The molecule has 0 aliphatic heterocycles. The molecule has 242 valence electrons. The molecule has 0 unspecified atom stereocenters. The Balaban J connectivity index is 1.13. The number of hydrogen-bond acceptors (Lipinski definition) is 2. The molecule has 12 rings (SSSR count). The van der Waals surface area contributed by atoms with Gasteiger partial charge in [-0.25, -0.2) is 0 Å². The summed E-state index contributed by atoms with van der Waals surface area (Å²) in [5.74, 6) is 0. The lowest BCUT2D eigenvalue weighted by molar-refractivity contribution is 0.671. The van der Waals surface area contributed by atoms with Crippen molar-refractivity contribution in [2.75, 3.05) is 0 Å². The van der Waals surface area contributed by atoms with Crippen LogP contribution in [0.3, 0.4) is 0 Å². The van der Waals surface area contributed by atoms with E-state index in [9.17, 15) is 0 Å². The minimum absolute atomic E-state index is 0.909. The summed E-state index contributed by atoms with van der Waals surface area (Å²) in [6.07, 6.45) is 0. The minimum atomic E-state index is 0.909. The molecule has 0 amide bonds. The predicted molar refractivity (Wildman–Crippen MR) is 221 cm³/mol. The van der Waals surface area contributed by atoms with Crippen LogP contribution in [-0.4, -0.2) is 9.13 Å². The molecule has 0 atom stereocenters. The van der Waals surface area contributed by atoms with Crippen molar-refractivity contribution in [3.8, 4) is 22.5 Å². The van der Waals surface area contributed by atoms with E-state index in [4.69, 9.17) is 4.42 Å². The second-order valence-corrected chi connectivity index (χ2v) is 14.7. The molecule has 0 bridgehead atoms. The minimum Gasteiger partial charge on any atom is -0.454 e. The average Bonchev–Trinajstić information content (AvgIpc) is 3.95. The van der Waals surface area contributed by atoms with Gasteiger partial charge in [-0.2, -0.15) is 0 Å². The molecule has 0 aliphatic rings. The number of fused-ring (bicyclic) bond motifs is 14. The molecule has 0 N–H and O–H groups in total. The van der Waals surface area contributed by atoms with Crippen molar-refractivity contribution in [1.29, 1.82) is 0 Å². The summed E-state index contributed by atoms with van der Waals surface area (Å²) in [5, 5.41) is 9.82. The Morgan fingerprint density at radius 1 is 0.385 bits per heavy atom. The lowest BCUT2D eigenvalue weighted by Crippen LogP contribution is -1.93. The van der Waals surface area contributed by atoms with Crippen LogP contribution in [0.1, 0.15) is 0 Å². The van der Waals surface area contributed by atoms with Crippen LogP contribution in [0.2, 0.25) is 0 Å². The van der Waals surface area contributed by atoms with Gasteiger partial charge in [-0.15, -0.1) is 11.3 Å². The number of nitrogens with zero attached hydrogens (tertiary/aromatic N) is 2. The monoisotopic (exact) mass is 680 g/mol. The Labute approximate surface area is 301 Å². The Morgan fingerprint density at radius 2 is 0.923 bits per heavy atom. The fourth-order valence-electron chi connectivity index (χ4n) is 8.61. The molecule has 0 saturated heterocycles. The Kier molecular flexibility index (Phi) is 5.65. The number of hydrogen-bond donors (Lipinski definition) is 0. The van der Waals surface area contributed by atoms with E-state index in [0.717, 1.165) is 38.7 Å². The molecule has 8 aromatic carbocycles. The van der Waals surface area contributed by atoms with Gasteiger partial charge in [0.05, 0.1) is 26.8 Å². The second-order valence-electron chi connectivity index (χ2n) is 13.7. The fourth-order valence-corrected chi connectivity index (χ4v) is 9.85. The van der Waals surface area contributed by atoms with Crippen LogP contribution in [-0.2, 0) is 0 Å². The van der Waals surface area contributed by atoms with Gasteiger partial charge in [-0.1, -0.05) is 103 Å². The lowest BCUT2D eigenvalue weighted by Gasteiger charge is -2.09. The van der Waals surface area contributed by atoms with Gasteiger partial charge in [0.1, 0.15) is 5.58 Å². The zero-order valence-electron chi connectivity index (χ0n) is 27.9. The molecular formula is C48H28N2OS. The van der Waals surface area contributed by atoms with Crippen LogP contribution >= 0.6 is 11.3 Å². The van der Waals surface area contributed by atoms with E-state index in [1.54, 1.807) is 0 Å². The van der Waals surface area contributed by atoms with Crippen LogP contribution in [0.25, 0.3) is 108 Å². The van der Waals surface area contributed by atoms with E-state index in [1.807, 2.05) is 17.4 Å². The van der Waals surface area contributed by atoms with Gasteiger partial charge >= 0.3 is 0 Å². The summed E-state index contributed by atoms with van der Waals surface area (Å²) >= 11 is 1.89. The van der Waals surface area contributed by atoms with Crippen LogP contribution in [0.4, 0.5) is 0 Å². The highest BCUT2D eigenvalue weighted by molar-refractivity contribution is 7.26. The van der Waals surface area contributed by atoms with Crippen molar-refractivity contribution in [1.82, 2.24) is 9.13 Å². The van der Waals surface area contributed by atoms with E-state index >= 15 is 0 Å². The highest BCUT2D eigenvalue weighted by Gasteiger charge is 2.21. The number of furan rings is 1. The maximum atomic E-state index is 6.63. The van der Waals surface area contributed by atoms with Gasteiger partial charge in [0.25, 0.3) is 0 Å². The molecular weight excluding hydrogens is 653 g/mol. The summed E-state index contributed by atoms with van der Waals surface area (Å²) in [7, 11) is 0. The Bertz CT molecular complexity index is 3170. The lowest BCUT2D eigenvalue weighted by atomic mass is 10.00. The smallest absolute Gasteiger partial charge is 0.160 e. The third-order valence-corrected chi connectivity index (χ3v) is 12.1. The van der Waals surface area contributed by atoms with E-state index in [2.05, 4.69) is 173 Å². The molecule has 4 heteroatoms. The molecule has 3 nitrogen and oxygen atoms in total. The molecule has 0 spiro atoms. The summed E-state index contributed by atoms with van der Waals surface area (Å²) in [6, 6.07) is 61.6. The maximum absolute atomic E-state index is 6.63. The van der Waals surface area contributed by atoms with Crippen molar-refractivity contribution < 1.29 is 4.42 Å². The maximum Gasteiger partial charge on any atom is 0.160 e. The van der Waals surface area contributed by atoms with Crippen LogP contribution < -0.4 is 0 Å². The molecule has 4 heterocycles. The standard InChI is InChI=1S/C48H28N2OS/c1-3-11-31(12-4-1)49-41-25-19-29(27-39(41)35-21-23-37-33-15-7-9-17-43(33)51-47(37)45(35)49)30-20-26-42-40(28-30)36-22-24-38-34-16-8-10-18-44(34)52-48(38)46(36)50(42)32-13-5-2-6-14-32/h1-28H. The molecule has 0 fully saturated rings. The van der Waals surface area contributed by atoms with Gasteiger partial charge < -0.3 is 13.6 Å². The summed E-state index contributed by atoms with van der Waals surface area (Å²) in [6.45, 7) is 0. The third kappa shape index (κ3) is 3.79. The molecule has 0 radical (unpaired) electrons. The normalized spacial score (nSPS) is 12.2. The van der Waals surface area contributed by atoms with Crippen molar-refractivity contribution in [3.05, 3.63) is 170 Å². The quantitative estimate of drug-likeness (QED) is 0.182. The van der Waals surface area contributed by atoms with Crippen molar-refractivity contribution in [2.24, 2.45) is 0 Å². The molecule has 4 aromatic heterocycles. The topological polar surface area (TPSA) is 23.0 Å². The zero-order chi connectivity index (χ0) is 33.9. The zero-order valence-corrected chi connectivity index (χ0v) is 28.7. The first-order valence-corrected chi connectivity index (χ1v) is 18.5. The fraction of sp³-hybridized carbons (Fsp3) is 0. The van der Waals surface area contributed by atoms with E-state index in [1.165, 1.54) is 69.6 Å². The molecule has 0 aliphatic carbocycles. The van der Waals surface area contributed by atoms with Crippen LogP contribution in [0.15, 0.2) is 174 Å². The highest BCUT2D eigenvalue weighted by atomic mass is 32.1. The van der Waals surface area contributed by atoms with Gasteiger partial charge in [0.15, 0.2) is 5.58 Å². The third-order valence-electron chi connectivity index (χ3n) is 10.9. The Morgan fingerprint density at radius 3 is 1.62 bits per heavy atom. The number of benzene rings is 8. The van der Waals surface area contributed by atoms with E-state index in [0.29, 0.717) is 0 Å². The van der Waals surface area contributed by atoms with Gasteiger partial charge in [0.2, 0.25) is 0 Å². The van der Waals surface area contributed by atoms with Crippen LogP contribution in [0, 0.1) is 0 Å². The van der Waals surface area contributed by atoms with Gasteiger partial charge in [0, 0.05) is 59.2 Å². The van der Waals surface area contributed by atoms with E-state index in [-0.39, 0.29) is 0 Å². The van der Waals surface area contributed by atoms with Crippen molar-refractivity contribution in [2.45, 2.75) is 0 Å². The molecule has 0 saturated carbocycles. The highest BCUT2D eigenvalue weighted by Crippen LogP contribution is 2.45. The summed E-state index contributed by atoms with van der Waals surface area (Å²) < 4.78 is 14.1. The predicted octanol–water partition coefficient (Wildman–Crippen LogP) is 13.8. The van der Waals surface area contributed by atoms with E-state index < -0.39 is 0 Å².